The van der Waals surface area contributed by atoms with Crippen molar-refractivity contribution < 1.29 is 36.8 Å². The number of benzene rings is 2. The maximum atomic E-state index is 13.0. The van der Waals surface area contributed by atoms with Gasteiger partial charge in [-0.15, -0.1) is 0 Å². The standard InChI is InChI=1S/C25H34O8S/c1-7-11-34(26,27)23-15-17(14-22(30-5)25(23)32-8-2)19-10-9-18(33-19)16-12-20(28-3)24(31-6)21(13-16)29-4/h12-15,18-19H,7-11H2,1-6H3. The van der Waals surface area contributed by atoms with Crippen LogP contribution in [-0.2, 0) is 14.6 Å². The highest BCUT2D eigenvalue weighted by Gasteiger charge is 2.32. The molecule has 0 aromatic heterocycles. The molecule has 2 atom stereocenters. The number of sulfone groups is 1. The van der Waals surface area contributed by atoms with Gasteiger partial charge in [0.05, 0.1) is 53.0 Å². The van der Waals surface area contributed by atoms with Crippen LogP contribution >= 0.6 is 0 Å². The predicted octanol–water partition coefficient (Wildman–Crippen LogP) is 4.90. The lowest BCUT2D eigenvalue weighted by molar-refractivity contribution is 0.0435. The topological polar surface area (TPSA) is 89.5 Å². The molecule has 0 N–H and O–H groups in total. The maximum Gasteiger partial charge on any atom is 0.203 e. The lowest BCUT2D eigenvalue weighted by Gasteiger charge is -2.20. The van der Waals surface area contributed by atoms with Gasteiger partial charge in [0.15, 0.2) is 32.8 Å². The Morgan fingerprint density at radius 3 is 1.74 bits per heavy atom. The quantitative estimate of drug-likeness (QED) is 0.436. The molecule has 9 heteroatoms. The van der Waals surface area contributed by atoms with Crippen LogP contribution in [0.1, 0.15) is 56.4 Å². The molecule has 0 amide bonds. The van der Waals surface area contributed by atoms with E-state index in [-0.39, 0.29) is 28.6 Å². The highest BCUT2D eigenvalue weighted by Crippen LogP contribution is 2.48. The van der Waals surface area contributed by atoms with Crippen LogP contribution in [-0.4, -0.2) is 49.2 Å². The first-order valence-corrected chi connectivity index (χ1v) is 13.0. The first-order chi connectivity index (χ1) is 16.3. The summed E-state index contributed by atoms with van der Waals surface area (Å²) in [5.74, 6) is 2.29. The summed E-state index contributed by atoms with van der Waals surface area (Å²) >= 11 is 0. The SMILES string of the molecule is CCCS(=O)(=O)c1cc(C2CCC(c3cc(OC)c(OC)c(OC)c3)O2)cc(OC)c1OCC. The van der Waals surface area contributed by atoms with Gasteiger partial charge in [0, 0.05) is 0 Å². The second kappa shape index (κ2) is 11.2. The van der Waals surface area contributed by atoms with Crippen molar-refractivity contribution >= 4 is 9.84 Å². The second-order valence-corrected chi connectivity index (χ2v) is 10.0. The van der Waals surface area contributed by atoms with E-state index in [4.69, 9.17) is 28.4 Å². The van der Waals surface area contributed by atoms with Gasteiger partial charge in [-0.3, -0.25) is 0 Å². The molecule has 3 rings (SSSR count). The van der Waals surface area contributed by atoms with Gasteiger partial charge in [0.2, 0.25) is 5.75 Å². The van der Waals surface area contributed by atoms with Crippen molar-refractivity contribution in [1.29, 1.82) is 0 Å². The fourth-order valence-electron chi connectivity index (χ4n) is 4.25. The van der Waals surface area contributed by atoms with Crippen molar-refractivity contribution in [2.45, 2.75) is 50.2 Å². The van der Waals surface area contributed by atoms with Crippen LogP contribution in [0.15, 0.2) is 29.2 Å². The average molecular weight is 495 g/mol. The van der Waals surface area contributed by atoms with E-state index in [9.17, 15) is 8.42 Å². The summed E-state index contributed by atoms with van der Waals surface area (Å²) in [6.07, 6.45) is 1.45. The molecular weight excluding hydrogens is 460 g/mol. The van der Waals surface area contributed by atoms with E-state index < -0.39 is 9.84 Å². The largest absolute Gasteiger partial charge is 0.493 e. The number of methoxy groups -OCH3 is 4. The molecule has 2 unspecified atom stereocenters. The molecule has 2 aromatic carbocycles. The van der Waals surface area contributed by atoms with Gasteiger partial charge in [-0.1, -0.05) is 6.92 Å². The third-order valence-corrected chi connectivity index (χ3v) is 7.73. The lowest BCUT2D eigenvalue weighted by atomic mass is 10.0. The van der Waals surface area contributed by atoms with Gasteiger partial charge in [0.1, 0.15) is 4.90 Å². The molecule has 8 nitrogen and oxygen atoms in total. The van der Waals surface area contributed by atoms with E-state index in [1.807, 2.05) is 26.0 Å². The van der Waals surface area contributed by atoms with Gasteiger partial charge in [-0.05, 0) is 61.6 Å². The highest BCUT2D eigenvalue weighted by atomic mass is 32.2. The average Bonchev–Trinajstić information content (AvgIpc) is 3.33. The second-order valence-electron chi connectivity index (χ2n) is 7.95. The van der Waals surface area contributed by atoms with Crippen LogP contribution < -0.4 is 23.7 Å². The fraction of sp³-hybridized carbons (Fsp3) is 0.520. The first-order valence-electron chi connectivity index (χ1n) is 11.4. The molecular formula is C25H34O8S. The molecule has 0 saturated carbocycles. The van der Waals surface area contributed by atoms with Gasteiger partial charge >= 0.3 is 0 Å². The zero-order chi connectivity index (χ0) is 24.9. The van der Waals surface area contributed by atoms with Crippen LogP contribution in [0.3, 0.4) is 0 Å². The zero-order valence-corrected chi connectivity index (χ0v) is 21.5. The summed E-state index contributed by atoms with van der Waals surface area (Å²) in [6.45, 7) is 3.97. The Kier molecular flexibility index (Phi) is 8.54. The van der Waals surface area contributed by atoms with Crippen molar-refractivity contribution in [3.05, 3.63) is 35.4 Å². The normalized spacial score (nSPS) is 17.9. The summed E-state index contributed by atoms with van der Waals surface area (Å²) in [5, 5.41) is 0. The molecule has 0 aliphatic carbocycles. The van der Waals surface area contributed by atoms with Crippen LogP contribution in [0, 0.1) is 0 Å². The Labute approximate surface area is 202 Å². The molecule has 1 saturated heterocycles. The molecule has 1 fully saturated rings. The molecule has 0 bridgehead atoms. The molecule has 0 spiro atoms. The van der Waals surface area contributed by atoms with Crippen LogP contribution in [0.25, 0.3) is 0 Å². The number of ether oxygens (including phenoxy) is 6. The first kappa shape index (κ1) is 26.0. The Morgan fingerprint density at radius 2 is 1.29 bits per heavy atom. The molecule has 1 heterocycles. The minimum Gasteiger partial charge on any atom is -0.493 e. The van der Waals surface area contributed by atoms with Crippen LogP contribution in [0.5, 0.6) is 28.7 Å². The summed E-state index contributed by atoms with van der Waals surface area (Å²) in [7, 11) is 2.67. The summed E-state index contributed by atoms with van der Waals surface area (Å²) < 4.78 is 60.0. The zero-order valence-electron chi connectivity index (χ0n) is 20.7. The molecule has 188 valence electrons. The van der Waals surface area contributed by atoms with Crippen LogP contribution in [0.2, 0.25) is 0 Å². The van der Waals surface area contributed by atoms with Crippen molar-refractivity contribution in [3.63, 3.8) is 0 Å². The van der Waals surface area contributed by atoms with Gasteiger partial charge in [0.25, 0.3) is 0 Å². The lowest BCUT2D eigenvalue weighted by Crippen LogP contribution is -2.11. The monoisotopic (exact) mass is 494 g/mol. The van der Waals surface area contributed by atoms with E-state index in [0.29, 0.717) is 42.4 Å². The number of hydrogen-bond acceptors (Lipinski definition) is 8. The fourth-order valence-corrected chi connectivity index (χ4v) is 5.76. The minimum atomic E-state index is -3.55. The van der Waals surface area contributed by atoms with E-state index in [1.165, 1.54) is 7.11 Å². The third kappa shape index (κ3) is 5.20. The minimum absolute atomic E-state index is 0.0271. The van der Waals surface area contributed by atoms with Crippen molar-refractivity contribution in [3.8, 4) is 28.7 Å². The van der Waals surface area contributed by atoms with Crippen molar-refractivity contribution in [1.82, 2.24) is 0 Å². The third-order valence-electron chi connectivity index (χ3n) is 5.81. The van der Waals surface area contributed by atoms with Crippen molar-refractivity contribution in [2.24, 2.45) is 0 Å². The molecule has 1 aliphatic heterocycles. The Balaban J connectivity index is 1.98. The molecule has 1 aliphatic rings. The maximum absolute atomic E-state index is 13.0. The van der Waals surface area contributed by atoms with Crippen molar-refractivity contribution in [2.75, 3.05) is 40.8 Å². The molecule has 2 aromatic rings. The summed E-state index contributed by atoms with van der Waals surface area (Å²) in [4.78, 5) is 0.144. The highest BCUT2D eigenvalue weighted by molar-refractivity contribution is 7.91. The Morgan fingerprint density at radius 1 is 0.794 bits per heavy atom. The van der Waals surface area contributed by atoms with Gasteiger partial charge < -0.3 is 28.4 Å². The smallest absolute Gasteiger partial charge is 0.203 e. The van der Waals surface area contributed by atoms with Crippen LogP contribution in [0.4, 0.5) is 0 Å². The predicted molar refractivity (Wildman–Crippen MR) is 128 cm³/mol. The van der Waals surface area contributed by atoms with E-state index in [2.05, 4.69) is 0 Å². The molecule has 0 radical (unpaired) electrons. The number of hydrogen-bond donors (Lipinski definition) is 0. The van der Waals surface area contributed by atoms with E-state index in [1.54, 1.807) is 33.5 Å². The molecule has 34 heavy (non-hydrogen) atoms. The Hall–Kier alpha value is -2.65. The van der Waals surface area contributed by atoms with E-state index >= 15 is 0 Å². The summed E-state index contributed by atoms with van der Waals surface area (Å²) in [6, 6.07) is 7.23. The van der Waals surface area contributed by atoms with E-state index in [0.717, 1.165) is 17.5 Å². The van der Waals surface area contributed by atoms with Gasteiger partial charge in [-0.2, -0.15) is 0 Å². The summed E-state index contributed by atoms with van der Waals surface area (Å²) in [5.41, 5.74) is 1.64. The Bertz CT molecular complexity index is 1070. The number of rotatable bonds is 11. The van der Waals surface area contributed by atoms with Gasteiger partial charge in [-0.25, -0.2) is 8.42 Å².